The summed E-state index contributed by atoms with van der Waals surface area (Å²) in [4.78, 5) is 37.9. The highest BCUT2D eigenvalue weighted by atomic mass is 79.9. The number of benzene rings is 1. The van der Waals surface area contributed by atoms with E-state index in [9.17, 15) is 14.4 Å². The molecule has 0 unspecified atom stereocenters. The summed E-state index contributed by atoms with van der Waals surface area (Å²) in [6.45, 7) is 1.89. The molecule has 7 nitrogen and oxygen atoms in total. The fraction of sp³-hybridized carbons (Fsp3) is 0.0952. The van der Waals surface area contributed by atoms with Crippen LogP contribution in [0.2, 0.25) is 0 Å². The second-order valence-corrected chi connectivity index (χ2v) is 7.31. The molecule has 29 heavy (non-hydrogen) atoms. The predicted octanol–water partition coefficient (Wildman–Crippen LogP) is 4.27. The monoisotopic (exact) mass is 454 g/mol. The number of halogens is 1. The Kier molecular flexibility index (Phi) is 4.94. The molecule has 4 amide bonds. The molecule has 1 aliphatic rings. The highest BCUT2D eigenvalue weighted by Crippen LogP contribution is 2.28. The van der Waals surface area contributed by atoms with Crippen LogP contribution in [-0.4, -0.2) is 22.7 Å². The Balaban J connectivity index is 1.61. The third kappa shape index (κ3) is 3.79. The smallest absolute Gasteiger partial charge is 0.331 e. The van der Waals surface area contributed by atoms with Crippen LogP contribution in [0.3, 0.4) is 0 Å². The number of amides is 4. The Hall–Kier alpha value is -3.39. The van der Waals surface area contributed by atoms with E-state index in [1.54, 1.807) is 24.3 Å². The number of urea groups is 1. The van der Waals surface area contributed by atoms with Gasteiger partial charge in [-0.15, -0.1) is 0 Å². The number of barbiturate groups is 1. The molecule has 4 rings (SSSR count). The van der Waals surface area contributed by atoms with Crippen LogP contribution in [0, 0.1) is 6.92 Å². The maximum atomic E-state index is 12.7. The standard InChI is InChI=1S/C21H15BrN2O5/c1-12-9-13(4-6-17(12)22)18-7-5-14(29-18)10-16-19(25)23-21(27)24(20(16)26)11-15-3-2-8-28-15/h2-10H,11H2,1H3,(H,23,25,27)/b16-10+. The molecule has 0 saturated carbocycles. The van der Waals surface area contributed by atoms with Gasteiger partial charge in [-0.3, -0.25) is 19.8 Å². The Morgan fingerprint density at radius 3 is 2.69 bits per heavy atom. The number of imide groups is 2. The Morgan fingerprint density at radius 1 is 1.14 bits per heavy atom. The highest BCUT2D eigenvalue weighted by Gasteiger charge is 2.36. The summed E-state index contributed by atoms with van der Waals surface area (Å²) in [7, 11) is 0. The number of nitrogens with zero attached hydrogens (tertiary/aromatic N) is 1. The molecule has 8 heteroatoms. The first-order valence-corrected chi connectivity index (χ1v) is 9.49. The van der Waals surface area contributed by atoms with E-state index in [1.165, 1.54) is 12.3 Å². The largest absolute Gasteiger partial charge is 0.467 e. The van der Waals surface area contributed by atoms with Gasteiger partial charge in [-0.05, 0) is 55.0 Å². The van der Waals surface area contributed by atoms with E-state index in [1.807, 2.05) is 25.1 Å². The zero-order valence-corrected chi connectivity index (χ0v) is 16.9. The van der Waals surface area contributed by atoms with Gasteiger partial charge in [0.25, 0.3) is 11.8 Å². The van der Waals surface area contributed by atoms with Gasteiger partial charge in [-0.1, -0.05) is 22.0 Å². The molecule has 2 aromatic heterocycles. The van der Waals surface area contributed by atoms with Crippen molar-refractivity contribution in [3.63, 3.8) is 0 Å². The van der Waals surface area contributed by atoms with Gasteiger partial charge in [0.2, 0.25) is 0 Å². The number of carbonyl (C=O) groups excluding carboxylic acids is 3. The second kappa shape index (κ2) is 7.56. The summed E-state index contributed by atoms with van der Waals surface area (Å²) in [6, 6.07) is 11.7. The molecule has 1 N–H and O–H groups in total. The molecule has 146 valence electrons. The fourth-order valence-corrected chi connectivity index (χ4v) is 3.17. The topological polar surface area (TPSA) is 92.8 Å². The zero-order valence-electron chi connectivity index (χ0n) is 15.3. The normalized spacial score (nSPS) is 15.9. The average Bonchev–Trinajstić information content (AvgIpc) is 3.36. The van der Waals surface area contributed by atoms with Crippen molar-refractivity contribution in [2.45, 2.75) is 13.5 Å². The van der Waals surface area contributed by atoms with Crippen LogP contribution < -0.4 is 5.32 Å². The van der Waals surface area contributed by atoms with Crippen LogP contribution in [0.25, 0.3) is 17.4 Å². The Bertz CT molecular complexity index is 1140. The lowest BCUT2D eigenvalue weighted by molar-refractivity contribution is -0.130. The molecular weight excluding hydrogens is 440 g/mol. The van der Waals surface area contributed by atoms with Crippen LogP contribution in [0.4, 0.5) is 4.79 Å². The Morgan fingerprint density at radius 2 is 1.97 bits per heavy atom. The minimum Gasteiger partial charge on any atom is -0.467 e. The van der Waals surface area contributed by atoms with Crippen molar-refractivity contribution < 1.29 is 23.2 Å². The lowest BCUT2D eigenvalue weighted by atomic mass is 10.1. The van der Waals surface area contributed by atoms with Crippen molar-refractivity contribution in [2.75, 3.05) is 0 Å². The molecule has 1 aromatic carbocycles. The fourth-order valence-electron chi connectivity index (χ4n) is 2.92. The zero-order chi connectivity index (χ0) is 20.5. The SMILES string of the molecule is Cc1cc(-c2ccc(/C=C3\C(=O)NC(=O)N(Cc4ccco4)C3=O)o2)ccc1Br. The van der Waals surface area contributed by atoms with Crippen molar-refractivity contribution in [1.82, 2.24) is 10.2 Å². The summed E-state index contributed by atoms with van der Waals surface area (Å²) >= 11 is 3.46. The van der Waals surface area contributed by atoms with Gasteiger partial charge in [-0.2, -0.15) is 0 Å². The first kappa shape index (κ1) is 18.9. The predicted molar refractivity (Wildman–Crippen MR) is 107 cm³/mol. The molecule has 0 bridgehead atoms. The molecule has 0 radical (unpaired) electrons. The van der Waals surface area contributed by atoms with Gasteiger partial charge in [0, 0.05) is 10.0 Å². The van der Waals surface area contributed by atoms with Crippen molar-refractivity contribution in [2.24, 2.45) is 0 Å². The quantitative estimate of drug-likeness (QED) is 0.469. The molecule has 0 atom stereocenters. The van der Waals surface area contributed by atoms with Gasteiger partial charge >= 0.3 is 6.03 Å². The number of hydrogen-bond acceptors (Lipinski definition) is 5. The molecule has 0 aliphatic carbocycles. The van der Waals surface area contributed by atoms with Gasteiger partial charge in [-0.25, -0.2) is 4.79 Å². The molecular formula is C21H15BrN2O5. The lowest BCUT2D eigenvalue weighted by Crippen LogP contribution is -2.53. The molecule has 1 saturated heterocycles. The van der Waals surface area contributed by atoms with Gasteiger partial charge < -0.3 is 8.83 Å². The third-order valence-corrected chi connectivity index (χ3v) is 5.33. The number of rotatable bonds is 4. The molecule has 3 aromatic rings. The van der Waals surface area contributed by atoms with Crippen LogP contribution in [0.5, 0.6) is 0 Å². The van der Waals surface area contributed by atoms with Crippen molar-refractivity contribution in [1.29, 1.82) is 0 Å². The minimum absolute atomic E-state index is 0.0795. The average molecular weight is 455 g/mol. The van der Waals surface area contributed by atoms with E-state index in [-0.39, 0.29) is 12.1 Å². The minimum atomic E-state index is -0.793. The summed E-state index contributed by atoms with van der Waals surface area (Å²) in [5.74, 6) is -0.139. The van der Waals surface area contributed by atoms with Gasteiger partial charge in [0.1, 0.15) is 22.9 Å². The third-order valence-electron chi connectivity index (χ3n) is 4.44. The van der Waals surface area contributed by atoms with E-state index in [2.05, 4.69) is 21.2 Å². The summed E-state index contributed by atoms with van der Waals surface area (Å²) < 4.78 is 12.0. The van der Waals surface area contributed by atoms with Crippen LogP contribution in [0.1, 0.15) is 17.1 Å². The van der Waals surface area contributed by atoms with Crippen LogP contribution >= 0.6 is 15.9 Å². The van der Waals surface area contributed by atoms with Gasteiger partial charge in [0.05, 0.1) is 12.8 Å². The van der Waals surface area contributed by atoms with Crippen LogP contribution in [0.15, 0.2) is 67.6 Å². The second-order valence-electron chi connectivity index (χ2n) is 6.45. The van der Waals surface area contributed by atoms with Crippen molar-refractivity contribution in [3.8, 4) is 11.3 Å². The molecule has 0 spiro atoms. The van der Waals surface area contributed by atoms with Crippen molar-refractivity contribution in [3.05, 3.63) is 75.9 Å². The highest BCUT2D eigenvalue weighted by molar-refractivity contribution is 9.10. The number of aryl methyl sites for hydroxylation is 1. The Labute approximate surface area is 174 Å². The van der Waals surface area contributed by atoms with Crippen molar-refractivity contribution >= 4 is 39.9 Å². The molecule has 1 fully saturated rings. The van der Waals surface area contributed by atoms with Crippen LogP contribution in [-0.2, 0) is 16.1 Å². The van der Waals surface area contributed by atoms with E-state index >= 15 is 0 Å². The lowest BCUT2D eigenvalue weighted by Gasteiger charge is -2.25. The maximum Gasteiger partial charge on any atom is 0.331 e. The number of hydrogen-bond donors (Lipinski definition) is 1. The summed E-state index contributed by atoms with van der Waals surface area (Å²) in [6.07, 6.45) is 2.77. The first-order chi connectivity index (χ1) is 13.9. The number of carbonyl (C=O) groups is 3. The molecule has 3 heterocycles. The first-order valence-electron chi connectivity index (χ1n) is 8.70. The summed E-state index contributed by atoms with van der Waals surface area (Å²) in [5, 5.41) is 2.17. The van der Waals surface area contributed by atoms with E-state index in [0.29, 0.717) is 17.3 Å². The van der Waals surface area contributed by atoms with E-state index in [4.69, 9.17) is 8.83 Å². The van der Waals surface area contributed by atoms with E-state index in [0.717, 1.165) is 20.5 Å². The summed E-state index contributed by atoms with van der Waals surface area (Å²) in [5.41, 5.74) is 1.72. The number of nitrogens with one attached hydrogen (secondary N) is 1. The van der Waals surface area contributed by atoms with E-state index < -0.39 is 17.8 Å². The maximum absolute atomic E-state index is 12.7. The molecule has 1 aliphatic heterocycles. The van der Waals surface area contributed by atoms with Gasteiger partial charge in [0.15, 0.2) is 0 Å². The number of furan rings is 2.